The number of fused-ring (bicyclic) bond motifs is 4. The minimum Gasteiger partial charge on any atom is -0.477 e. The summed E-state index contributed by atoms with van der Waals surface area (Å²) in [4.78, 5) is 194. The molecule has 0 bridgehead atoms. The highest BCUT2D eigenvalue weighted by Crippen LogP contribution is 2.44. The number of rotatable bonds is 38. The van der Waals surface area contributed by atoms with E-state index >= 15 is 0 Å². The van der Waals surface area contributed by atoms with Crippen LogP contribution >= 0.6 is 27.0 Å². The molecule has 2 aromatic heterocycles. The van der Waals surface area contributed by atoms with Crippen LogP contribution in [0.3, 0.4) is 0 Å². The topological polar surface area (TPSA) is 494 Å². The van der Waals surface area contributed by atoms with E-state index in [2.05, 4.69) is 57.0 Å². The van der Waals surface area contributed by atoms with Crippen LogP contribution < -0.4 is 47.0 Å². The van der Waals surface area contributed by atoms with E-state index in [0.29, 0.717) is 167 Å². The number of likely N-dealkylation sites (tertiary alicyclic amines) is 3. The van der Waals surface area contributed by atoms with E-state index in [0.717, 1.165) is 92.5 Å². The first-order valence-corrected chi connectivity index (χ1v) is 49.0. The smallest absolute Gasteiger partial charge is 0.352 e. The summed E-state index contributed by atoms with van der Waals surface area (Å²) in [5.74, 6) is -12.3. The molecule has 18 rings (SSSR count). The van der Waals surface area contributed by atoms with E-state index < -0.39 is 123 Å². The summed E-state index contributed by atoms with van der Waals surface area (Å²) in [6, 6.07) is 26.5. The van der Waals surface area contributed by atoms with Crippen molar-refractivity contribution in [2.24, 2.45) is 10.8 Å². The number of hydrogen-bond donors (Lipinski definition) is 12. The summed E-state index contributed by atoms with van der Waals surface area (Å²) in [6.45, 7) is 15.7. The van der Waals surface area contributed by atoms with Crippen LogP contribution in [-0.4, -0.2) is 327 Å². The van der Waals surface area contributed by atoms with Crippen molar-refractivity contribution >= 4 is 154 Å². The number of hydrogen-bond acceptors (Lipinski definition) is 27. The first-order chi connectivity index (χ1) is 69.9. The van der Waals surface area contributed by atoms with Crippen LogP contribution in [0, 0.1) is 34.1 Å². The number of carbonyl (C=O) groups excluding carboxylic acids is 13. The third-order valence-corrected chi connectivity index (χ3v) is 28.6. The van der Waals surface area contributed by atoms with Crippen molar-refractivity contribution in [1.29, 1.82) is 0 Å². The molecule has 0 radical (unpaired) electrons. The predicted octanol–water partition coefficient (Wildman–Crippen LogP) is 6.92. The molecule has 2 spiro atoms. The van der Waals surface area contributed by atoms with E-state index in [1.54, 1.807) is 78.9 Å². The van der Waals surface area contributed by atoms with Gasteiger partial charge in [0.1, 0.15) is 46.7 Å². The summed E-state index contributed by atoms with van der Waals surface area (Å²) in [6.07, 6.45) is 9.19. The third-order valence-electron chi connectivity index (χ3n) is 28.6. The van der Waals surface area contributed by atoms with Crippen molar-refractivity contribution in [3.05, 3.63) is 189 Å². The number of imide groups is 4. The average molecular weight is 2100 g/mol. The highest BCUT2D eigenvalue weighted by Gasteiger charge is 2.55. The fourth-order valence-corrected chi connectivity index (χ4v) is 20.3. The zero-order valence-electron chi connectivity index (χ0n) is 81.0. The van der Waals surface area contributed by atoms with Gasteiger partial charge in [0, 0.05) is 148 Å². The number of nitrogens with zero attached hydrogens (tertiary/aromatic N) is 7. The van der Waals surface area contributed by atoms with Crippen molar-refractivity contribution < 1.29 is 128 Å². The molecule has 13 amide bonds. The summed E-state index contributed by atoms with van der Waals surface area (Å²) in [5, 5.41) is 51.1. The molecular formula is C103H126F4N16O23S2. The molecule has 8 aromatic rings. The number of carboxylic acid groups (broad SMARTS) is 1. The number of nitrogens with one attached hydrogen (secondary N) is 9. The lowest BCUT2D eigenvalue weighted by Gasteiger charge is -2.46. The molecular weight excluding hydrogens is 1970 g/mol. The van der Waals surface area contributed by atoms with Gasteiger partial charge in [-0.15, -0.1) is 0 Å². The number of anilines is 4. The van der Waals surface area contributed by atoms with Crippen molar-refractivity contribution in [3.8, 4) is 0 Å². The zero-order chi connectivity index (χ0) is 102. The monoisotopic (exact) mass is 2090 g/mol. The molecule has 8 fully saturated rings. The molecule has 10 aliphatic heterocycles. The molecule has 6 aromatic carbocycles. The Morgan fingerprint density at radius 1 is 0.419 bits per heavy atom. The summed E-state index contributed by atoms with van der Waals surface area (Å²) in [7, 11) is 0. The normalized spacial score (nSPS) is 20.6. The molecule has 39 nitrogen and oxygen atoms in total. The van der Waals surface area contributed by atoms with Crippen LogP contribution in [-0.2, 0) is 79.9 Å². The summed E-state index contributed by atoms with van der Waals surface area (Å²) in [5.41, 5.74) is 0.773. The molecule has 2 unspecified atom stereocenters. The van der Waals surface area contributed by atoms with Gasteiger partial charge in [0.2, 0.25) is 34.8 Å². The number of carboxylic acids is 1. The third kappa shape index (κ3) is 26.4. The Bertz CT molecular complexity index is 6180. The Morgan fingerprint density at radius 2 is 0.791 bits per heavy atom. The van der Waals surface area contributed by atoms with Crippen LogP contribution in [0.4, 0.5) is 40.3 Å². The maximum Gasteiger partial charge on any atom is 0.352 e. The van der Waals surface area contributed by atoms with Crippen molar-refractivity contribution in [3.63, 3.8) is 0 Å². The second kappa shape index (κ2) is 50.6. The summed E-state index contributed by atoms with van der Waals surface area (Å²) < 4.78 is 88.0. The molecule has 45 heteroatoms. The molecule has 10 aliphatic rings. The van der Waals surface area contributed by atoms with E-state index in [1.165, 1.54) is 67.7 Å². The minimum atomic E-state index is -2.35. The highest BCUT2D eigenvalue weighted by molar-refractivity contribution is 7.59. The molecule has 12 heterocycles. The highest BCUT2D eigenvalue weighted by atomic mass is 32.1. The average Bonchev–Trinajstić information content (AvgIpc) is 1.60. The number of H-pyrrole nitrogens is 2. The lowest BCUT2D eigenvalue weighted by Crippen LogP contribution is -2.54. The van der Waals surface area contributed by atoms with Gasteiger partial charge in [-0.25, -0.2) is 22.4 Å². The number of carbonyl (C=O) groups is 14. The molecule has 12 N–H and O–H groups in total. The van der Waals surface area contributed by atoms with E-state index in [-0.39, 0.29) is 150 Å². The lowest BCUT2D eigenvalue weighted by molar-refractivity contribution is -0.150. The maximum absolute atomic E-state index is 13.7. The molecule has 148 heavy (non-hydrogen) atoms. The van der Waals surface area contributed by atoms with E-state index in [1.807, 2.05) is 4.90 Å². The SMILES string of the molecule is C.O=C(O)c1cc2cc(N3CC[C@](O)(C(=O)NCc4cc(F)cc(F)c4)C3=O)ccc2[nH]1.O=C1CCC(N2C(=O)c3cccc(NCCOCCOCCOCCN4CCC5(CC4)CCN(C(=O)c4cc6cc(N7CC[C@](O)(C(=O)NCc8cc(F)cc(F)c8)C7=O)ccc6[nH]4)CC5)c3C2=O)C(=O)N1.O=C1CCC(N2C(=O)c3cccc(NCCOCCOCCOCCN4CCC5(CCNCC5)CC4)c3C2=O)C(=O)N1.S.S. The number of aliphatic hydroxyl groups is 2. The number of halogens is 4. The van der Waals surface area contributed by atoms with Crippen LogP contribution in [0.5, 0.6) is 0 Å². The van der Waals surface area contributed by atoms with Gasteiger partial charge in [-0.3, -0.25) is 82.8 Å². The van der Waals surface area contributed by atoms with Gasteiger partial charge in [-0.05, 0) is 222 Å². The zero-order valence-corrected chi connectivity index (χ0v) is 83.0. The fraction of sp³-hybridized carbons (Fsp3) is 0.476. The van der Waals surface area contributed by atoms with Crippen LogP contribution in [0.15, 0.2) is 121 Å². The Labute approximate surface area is 864 Å². The number of amides is 13. The Balaban J connectivity index is 0.000000203. The number of piperidine rings is 6. The standard InChI is InChI=1S/C51H58F2N8O11.C30H43N5O7.C21H17F2N3O5.CH4.2H2S/c52-34-26-32(27-35(53)30-34)31-55-48(67)51(69)12-18-60(49(51)68)36-4-5-38-33(28-36)29-40(56-38)46(65)59-16-10-50(11-17-59)8-14-58(15-9-50)19-21-71-23-25-72-24-22-70-20-13-54-39-3-1-2-37-43(39)47(66)61(45(37)64)41-6-7-42(62)57-44(41)63;36-25-5-4-24(27(37)33-25)35-28(38)22-2-1-3-23(26(22)29(35)39)32-12-16-40-18-20-42-21-19-41-17-15-34-13-8-30(9-14-34)6-10-31-11-7-30;22-13-5-11(6-14(23)9-13)10-24-19(29)21(31)3-4-26(20(21)30)15-1-2-16-12(7-15)8-17(25-16)18(27)28;;;/h1-5,26-30,41,54,56,69H,6-25,31H2,(H,55,67)(H,57,62,63);1-3,24,31-32H,4-21H2,(H,33,36,37);1-2,5-9,25,31H,3-4,10H2,(H,24,29)(H,27,28);1H4;2*1H2/t41?,51-;;21-;;;/m0.0.../s1. The Hall–Kier alpha value is -12.6. The van der Waals surface area contributed by atoms with E-state index in [9.17, 15) is 94.9 Å². The van der Waals surface area contributed by atoms with Crippen molar-refractivity contribution in [2.75, 3.05) is 191 Å². The number of benzene rings is 6. The number of aromatic nitrogens is 2. The number of aromatic carboxylic acids is 1. The fourth-order valence-electron chi connectivity index (χ4n) is 20.3. The largest absolute Gasteiger partial charge is 0.477 e. The first kappa shape index (κ1) is 113. The van der Waals surface area contributed by atoms with E-state index in [4.69, 9.17) is 33.5 Å². The Kier molecular flexibility index (Phi) is 38.5. The second-order valence-electron chi connectivity index (χ2n) is 37.9. The van der Waals surface area contributed by atoms with Gasteiger partial charge >= 0.3 is 5.97 Å². The van der Waals surface area contributed by atoms with Gasteiger partial charge in [-0.2, -0.15) is 27.0 Å². The minimum absolute atomic E-state index is 0. The second-order valence-corrected chi connectivity index (χ2v) is 37.9. The van der Waals surface area contributed by atoms with Crippen molar-refractivity contribution in [1.82, 2.24) is 61.1 Å². The molecule has 8 saturated heterocycles. The number of ether oxygens (including phenoxy) is 6. The quantitative estimate of drug-likeness (QED) is 0.00808. The summed E-state index contributed by atoms with van der Waals surface area (Å²) >= 11 is 0. The first-order valence-electron chi connectivity index (χ1n) is 49.0. The molecule has 0 aliphatic carbocycles. The van der Waals surface area contributed by atoms with Gasteiger partial charge < -0.3 is 105 Å². The predicted molar refractivity (Wildman–Crippen MR) is 543 cm³/mol. The van der Waals surface area contributed by atoms with Gasteiger partial charge in [0.05, 0.1) is 102 Å². The Morgan fingerprint density at radius 3 is 1.19 bits per heavy atom. The maximum atomic E-state index is 13.7. The van der Waals surface area contributed by atoms with Gasteiger partial charge in [0.15, 0.2) is 0 Å². The van der Waals surface area contributed by atoms with Crippen LogP contribution in [0.25, 0.3) is 21.8 Å². The van der Waals surface area contributed by atoms with Gasteiger partial charge in [-0.1, -0.05) is 19.6 Å². The van der Waals surface area contributed by atoms with Crippen LogP contribution in [0.1, 0.15) is 171 Å². The molecule has 796 valence electrons. The molecule has 4 atom stereocenters. The van der Waals surface area contributed by atoms with Crippen LogP contribution in [0.2, 0.25) is 0 Å². The lowest BCUT2D eigenvalue weighted by atomic mass is 9.71. The van der Waals surface area contributed by atoms with Crippen molar-refractivity contribution in [2.45, 2.75) is 134 Å². The van der Waals surface area contributed by atoms with Gasteiger partial charge in [0.25, 0.3) is 53.2 Å². The molecule has 0 saturated carbocycles. The number of aromatic amines is 2.